The SMILES string of the molecule is CC1=C(C)N(CN2CN(C)C(C)=C2C)CN1C. The van der Waals surface area contributed by atoms with Gasteiger partial charge in [-0.1, -0.05) is 0 Å². The van der Waals surface area contributed by atoms with Gasteiger partial charge in [0.15, 0.2) is 0 Å². The lowest BCUT2D eigenvalue weighted by molar-refractivity contribution is 0.159. The van der Waals surface area contributed by atoms with Crippen LogP contribution in [0.4, 0.5) is 0 Å². The lowest BCUT2D eigenvalue weighted by atomic mass is 10.3. The second kappa shape index (κ2) is 4.17. The van der Waals surface area contributed by atoms with Crippen LogP contribution in [-0.2, 0) is 0 Å². The average Bonchev–Trinajstić information content (AvgIpc) is 2.66. The smallest absolute Gasteiger partial charge is 0.0932 e. The van der Waals surface area contributed by atoms with E-state index in [-0.39, 0.29) is 0 Å². The molecule has 0 saturated carbocycles. The highest BCUT2D eigenvalue weighted by Crippen LogP contribution is 2.26. The van der Waals surface area contributed by atoms with Gasteiger partial charge in [0.2, 0.25) is 0 Å². The van der Waals surface area contributed by atoms with Crippen LogP contribution in [0, 0.1) is 0 Å². The third-order valence-electron chi connectivity index (χ3n) is 4.25. The predicted molar refractivity (Wildman–Crippen MR) is 70.6 cm³/mol. The van der Waals surface area contributed by atoms with Gasteiger partial charge in [0.25, 0.3) is 0 Å². The lowest BCUT2D eigenvalue weighted by Gasteiger charge is -2.29. The highest BCUT2D eigenvalue weighted by Gasteiger charge is 2.26. The zero-order valence-electron chi connectivity index (χ0n) is 11.9. The van der Waals surface area contributed by atoms with Crippen molar-refractivity contribution in [2.24, 2.45) is 0 Å². The van der Waals surface area contributed by atoms with Crippen LogP contribution in [-0.4, -0.2) is 53.7 Å². The van der Waals surface area contributed by atoms with Gasteiger partial charge in [-0.05, 0) is 27.7 Å². The number of nitrogens with zero attached hydrogens (tertiary/aromatic N) is 4. The summed E-state index contributed by atoms with van der Waals surface area (Å²) >= 11 is 0. The summed E-state index contributed by atoms with van der Waals surface area (Å²) in [5.41, 5.74) is 5.56. The Labute approximate surface area is 105 Å². The van der Waals surface area contributed by atoms with Gasteiger partial charge in [-0.25, -0.2) is 0 Å². The van der Waals surface area contributed by atoms with Gasteiger partial charge in [0, 0.05) is 36.9 Å². The monoisotopic (exact) mass is 236 g/mol. The third kappa shape index (κ3) is 1.96. The molecule has 2 aliphatic heterocycles. The van der Waals surface area contributed by atoms with E-state index in [2.05, 4.69) is 61.4 Å². The van der Waals surface area contributed by atoms with Gasteiger partial charge in [-0.3, -0.25) is 0 Å². The van der Waals surface area contributed by atoms with Gasteiger partial charge in [0.05, 0.1) is 20.0 Å². The van der Waals surface area contributed by atoms with Crippen molar-refractivity contribution in [3.8, 4) is 0 Å². The molecule has 0 N–H and O–H groups in total. The molecule has 0 fully saturated rings. The van der Waals surface area contributed by atoms with Crippen molar-refractivity contribution < 1.29 is 0 Å². The number of hydrogen-bond acceptors (Lipinski definition) is 4. The first-order valence-corrected chi connectivity index (χ1v) is 6.19. The van der Waals surface area contributed by atoms with E-state index in [9.17, 15) is 0 Å². The van der Waals surface area contributed by atoms with Crippen LogP contribution >= 0.6 is 0 Å². The molecule has 4 heteroatoms. The van der Waals surface area contributed by atoms with Gasteiger partial charge in [-0.2, -0.15) is 0 Å². The number of hydrogen-bond donors (Lipinski definition) is 0. The summed E-state index contributed by atoms with van der Waals surface area (Å²) in [5, 5.41) is 0. The standard InChI is InChI=1S/C13H24N4/c1-10-12(3)16(7-14(10)5)9-17-8-15(6)11(2)13(17)4/h7-9H2,1-6H3. The number of rotatable bonds is 2. The fourth-order valence-electron chi connectivity index (χ4n) is 2.45. The van der Waals surface area contributed by atoms with Crippen molar-refractivity contribution in [2.75, 3.05) is 34.1 Å². The van der Waals surface area contributed by atoms with E-state index in [1.807, 2.05) is 0 Å². The molecule has 2 rings (SSSR count). The Morgan fingerprint density at radius 1 is 0.706 bits per heavy atom. The molecule has 0 bridgehead atoms. The largest absolute Gasteiger partial charge is 0.359 e. The van der Waals surface area contributed by atoms with Crippen molar-refractivity contribution >= 4 is 0 Å². The van der Waals surface area contributed by atoms with Crippen molar-refractivity contribution in [3.05, 3.63) is 22.8 Å². The average molecular weight is 236 g/mol. The maximum Gasteiger partial charge on any atom is 0.0932 e. The number of allylic oxidation sites excluding steroid dienone is 4. The van der Waals surface area contributed by atoms with Crippen LogP contribution < -0.4 is 0 Å². The minimum Gasteiger partial charge on any atom is -0.359 e. The van der Waals surface area contributed by atoms with Crippen LogP contribution in [0.3, 0.4) is 0 Å². The van der Waals surface area contributed by atoms with Crippen LogP contribution in [0.25, 0.3) is 0 Å². The maximum absolute atomic E-state index is 2.44. The molecule has 4 nitrogen and oxygen atoms in total. The normalized spacial score (nSPS) is 21.5. The Balaban J connectivity index is 2.06. The lowest BCUT2D eigenvalue weighted by Crippen LogP contribution is -2.37. The van der Waals surface area contributed by atoms with Crippen molar-refractivity contribution in [1.82, 2.24) is 19.6 Å². The first kappa shape index (κ1) is 12.1. The molecule has 0 spiro atoms. The zero-order chi connectivity index (χ0) is 12.7. The van der Waals surface area contributed by atoms with Gasteiger partial charge >= 0.3 is 0 Å². The summed E-state index contributed by atoms with van der Waals surface area (Å²) in [7, 11) is 4.31. The fraction of sp³-hybridized carbons (Fsp3) is 0.692. The van der Waals surface area contributed by atoms with Crippen LogP contribution in [0.5, 0.6) is 0 Å². The van der Waals surface area contributed by atoms with E-state index in [0.717, 1.165) is 20.0 Å². The molecule has 2 heterocycles. The Bertz CT molecular complexity index is 347. The molecular weight excluding hydrogens is 212 g/mol. The van der Waals surface area contributed by atoms with E-state index in [4.69, 9.17) is 0 Å². The molecule has 96 valence electrons. The van der Waals surface area contributed by atoms with Crippen LogP contribution in [0.15, 0.2) is 22.8 Å². The highest BCUT2D eigenvalue weighted by molar-refractivity contribution is 5.16. The molecule has 0 amide bonds. The highest BCUT2D eigenvalue weighted by atomic mass is 15.5. The maximum atomic E-state index is 2.44. The molecule has 17 heavy (non-hydrogen) atoms. The predicted octanol–water partition coefficient (Wildman–Crippen LogP) is 1.86. The second-order valence-corrected chi connectivity index (χ2v) is 5.24. The Kier molecular flexibility index (Phi) is 2.98. The van der Waals surface area contributed by atoms with Gasteiger partial charge < -0.3 is 19.6 Å². The van der Waals surface area contributed by atoms with E-state index >= 15 is 0 Å². The van der Waals surface area contributed by atoms with Crippen molar-refractivity contribution in [2.45, 2.75) is 27.7 Å². The Hall–Kier alpha value is -1.32. The van der Waals surface area contributed by atoms with Gasteiger partial charge in [-0.15, -0.1) is 0 Å². The first-order chi connectivity index (χ1) is 7.91. The Morgan fingerprint density at radius 2 is 1.06 bits per heavy atom. The minimum atomic E-state index is 0.987. The summed E-state index contributed by atoms with van der Waals surface area (Å²) in [6, 6.07) is 0. The van der Waals surface area contributed by atoms with E-state index in [1.165, 1.54) is 22.8 Å². The molecule has 0 aromatic heterocycles. The topological polar surface area (TPSA) is 13.0 Å². The molecule has 0 aromatic carbocycles. The summed E-state index contributed by atoms with van der Waals surface area (Å²) in [5.74, 6) is 0. The van der Waals surface area contributed by atoms with Crippen molar-refractivity contribution in [3.63, 3.8) is 0 Å². The summed E-state index contributed by atoms with van der Waals surface area (Å²) in [4.78, 5) is 9.48. The molecule has 0 radical (unpaired) electrons. The van der Waals surface area contributed by atoms with Crippen LogP contribution in [0.1, 0.15) is 27.7 Å². The fourth-order valence-corrected chi connectivity index (χ4v) is 2.45. The van der Waals surface area contributed by atoms with E-state index in [1.54, 1.807) is 0 Å². The second-order valence-electron chi connectivity index (χ2n) is 5.24. The Morgan fingerprint density at radius 3 is 1.29 bits per heavy atom. The molecule has 0 atom stereocenters. The quantitative estimate of drug-likeness (QED) is 0.725. The third-order valence-corrected chi connectivity index (χ3v) is 4.25. The molecule has 2 aliphatic rings. The summed E-state index contributed by atoms with van der Waals surface area (Å²) < 4.78 is 0. The van der Waals surface area contributed by atoms with Crippen LogP contribution in [0.2, 0.25) is 0 Å². The zero-order valence-corrected chi connectivity index (χ0v) is 11.9. The van der Waals surface area contributed by atoms with Gasteiger partial charge in [0.1, 0.15) is 0 Å². The summed E-state index contributed by atoms with van der Waals surface area (Å²) in [6.45, 7) is 11.8. The van der Waals surface area contributed by atoms with E-state index < -0.39 is 0 Å². The molecule has 0 unspecified atom stereocenters. The molecule has 0 saturated heterocycles. The van der Waals surface area contributed by atoms with Crippen molar-refractivity contribution in [1.29, 1.82) is 0 Å². The molecule has 0 aliphatic carbocycles. The van der Waals surface area contributed by atoms with E-state index in [0.29, 0.717) is 0 Å². The first-order valence-electron chi connectivity index (χ1n) is 6.19. The summed E-state index contributed by atoms with van der Waals surface area (Å²) in [6.07, 6.45) is 0. The minimum absolute atomic E-state index is 0.987. The molecular formula is C13H24N4. The molecule has 0 aromatic rings.